The predicted molar refractivity (Wildman–Crippen MR) is 69.5 cm³/mol. The summed E-state index contributed by atoms with van der Waals surface area (Å²) in [5, 5.41) is 11.1. The second kappa shape index (κ2) is 5.03. The summed E-state index contributed by atoms with van der Waals surface area (Å²) in [6, 6.07) is 9.32. The predicted octanol–water partition coefficient (Wildman–Crippen LogP) is 4.36. The van der Waals surface area contributed by atoms with Crippen LogP contribution in [0.2, 0.25) is 0 Å². The largest absolute Gasteiger partial charge is 0.478 e. The summed E-state index contributed by atoms with van der Waals surface area (Å²) in [6.45, 7) is 0. The second-order valence-corrected chi connectivity index (χ2v) is 6.10. The van der Waals surface area contributed by atoms with E-state index in [4.69, 9.17) is 5.11 Å². The first-order valence-corrected chi connectivity index (χ1v) is 6.90. The molecular formula is C11H7BrO2S2. The summed E-state index contributed by atoms with van der Waals surface area (Å²) in [7, 11) is 0. The third-order valence-corrected chi connectivity index (χ3v) is 4.65. The lowest BCUT2D eigenvalue weighted by atomic mass is 10.2. The van der Waals surface area contributed by atoms with E-state index < -0.39 is 5.97 Å². The Hall–Kier alpha value is -0.780. The van der Waals surface area contributed by atoms with Crippen molar-refractivity contribution in [3.8, 4) is 0 Å². The maximum atomic E-state index is 11.1. The van der Waals surface area contributed by atoms with E-state index in [2.05, 4.69) is 15.9 Å². The number of thiophene rings is 1. The Balaban J connectivity index is 2.40. The lowest BCUT2D eigenvalue weighted by molar-refractivity contribution is 0.0692. The van der Waals surface area contributed by atoms with E-state index in [1.165, 1.54) is 11.8 Å². The standard InChI is InChI=1S/C11H7BrO2S2/c12-7-3-1-4-8(10(7)11(13)14)16-9-5-2-6-15-9/h1-6H,(H,13,14). The zero-order valence-corrected chi connectivity index (χ0v) is 11.2. The highest BCUT2D eigenvalue weighted by atomic mass is 79.9. The summed E-state index contributed by atoms with van der Waals surface area (Å²) < 4.78 is 1.70. The molecule has 0 atom stereocenters. The molecule has 0 aliphatic carbocycles. The molecule has 2 aromatic rings. The molecule has 1 N–H and O–H groups in total. The van der Waals surface area contributed by atoms with Crippen molar-refractivity contribution >= 4 is 45.0 Å². The summed E-state index contributed by atoms with van der Waals surface area (Å²) >= 11 is 6.33. The van der Waals surface area contributed by atoms with Crippen LogP contribution in [0.1, 0.15) is 10.4 Å². The Morgan fingerprint density at radius 2 is 2.12 bits per heavy atom. The molecular weight excluding hydrogens is 308 g/mol. The van der Waals surface area contributed by atoms with Crippen LogP contribution in [0.15, 0.2) is 49.3 Å². The van der Waals surface area contributed by atoms with Crippen molar-refractivity contribution in [3.05, 3.63) is 45.7 Å². The van der Waals surface area contributed by atoms with Gasteiger partial charge in [-0.1, -0.05) is 23.9 Å². The highest BCUT2D eigenvalue weighted by molar-refractivity contribution is 9.10. The van der Waals surface area contributed by atoms with Gasteiger partial charge in [-0.15, -0.1) is 11.3 Å². The summed E-state index contributed by atoms with van der Waals surface area (Å²) in [5.41, 5.74) is 0.320. The fraction of sp³-hybridized carbons (Fsp3) is 0. The molecule has 82 valence electrons. The van der Waals surface area contributed by atoms with E-state index in [1.54, 1.807) is 17.4 Å². The zero-order chi connectivity index (χ0) is 11.5. The fourth-order valence-corrected chi connectivity index (χ4v) is 3.78. The Bertz CT molecular complexity index is 509. The van der Waals surface area contributed by atoms with E-state index in [0.717, 1.165) is 9.10 Å². The van der Waals surface area contributed by atoms with Crippen LogP contribution >= 0.6 is 39.0 Å². The van der Waals surface area contributed by atoms with Gasteiger partial charge in [-0.05, 0) is 39.5 Å². The van der Waals surface area contributed by atoms with Crippen molar-refractivity contribution in [1.29, 1.82) is 0 Å². The highest BCUT2D eigenvalue weighted by Gasteiger charge is 2.14. The van der Waals surface area contributed by atoms with Crippen LogP contribution in [0.5, 0.6) is 0 Å². The number of benzene rings is 1. The maximum absolute atomic E-state index is 11.1. The first kappa shape index (κ1) is 11.7. The van der Waals surface area contributed by atoms with Gasteiger partial charge in [-0.3, -0.25) is 0 Å². The van der Waals surface area contributed by atoms with Crippen molar-refractivity contribution in [2.75, 3.05) is 0 Å². The number of carbonyl (C=O) groups is 1. The number of halogens is 1. The molecule has 0 saturated carbocycles. The Labute approximate surface area is 109 Å². The molecule has 0 saturated heterocycles. The molecule has 0 spiro atoms. The molecule has 5 heteroatoms. The highest BCUT2D eigenvalue weighted by Crippen LogP contribution is 2.36. The number of hydrogen-bond donors (Lipinski definition) is 1. The van der Waals surface area contributed by atoms with Crippen molar-refractivity contribution < 1.29 is 9.90 Å². The quantitative estimate of drug-likeness (QED) is 0.914. The van der Waals surface area contributed by atoms with Gasteiger partial charge >= 0.3 is 5.97 Å². The van der Waals surface area contributed by atoms with E-state index in [0.29, 0.717) is 10.0 Å². The molecule has 2 nitrogen and oxygen atoms in total. The van der Waals surface area contributed by atoms with E-state index in [9.17, 15) is 4.79 Å². The molecule has 0 unspecified atom stereocenters. The minimum absolute atomic E-state index is 0.320. The van der Waals surface area contributed by atoms with Crippen molar-refractivity contribution in [2.45, 2.75) is 9.10 Å². The van der Waals surface area contributed by atoms with E-state index in [1.807, 2.05) is 29.6 Å². The Kier molecular flexibility index (Phi) is 3.68. The topological polar surface area (TPSA) is 37.3 Å². The minimum Gasteiger partial charge on any atom is -0.478 e. The van der Waals surface area contributed by atoms with Gasteiger partial charge in [0.25, 0.3) is 0 Å². The number of hydrogen-bond acceptors (Lipinski definition) is 3. The molecule has 0 bridgehead atoms. The Morgan fingerprint density at radius 1 is 1.31 bits per heavy atom. The van der Waals surface area contributed by atoms with Crippen LogP contribution in [-0.4, -0.2) is 11.1 Å². The van der Waals surface area contributed by atoms with Gasteiger partial charge in [0, 0.05) is 9.37 Å². The van der Waals surface area contributed by atoms with Gasteiger partial charge in [-0.25, -0.2) is 4.79 Å². The number of carboxylic acid groups (broad SMARTS) is 1. The van der Waals surface area contributed by atoms with Crippen LogP contribution in [0.4, 0.5) is 0 Å². The number of rotatable bonds is 3. The molecule has 0 radical (unpaired) electrons. The second-order valence-electron chi connectivity index (χ2n) is 2.95. The molecule has 0 fully saturated rings. The van der Waals surface area contributed by atoms with Gasteiger partial charge in [0.15, 0.2) is 0 Å². The van der Waals surface area contributed by atoms with Gasteiger partial charge in [0.1, 0.15) is 0 Å². The van der Waals surface area contributed by atoms with Crippen molar-refractivity contribution in [1.82, 2.24) is 0 Å². The van der Waals surface area contributed by atoms with Crippen molar-refractivity contribution in [3.63, 3.8) is 0 Å². The monoisotopic (exact) mass is 314 g/mol. The first-order chi connectivity index (χ1) is 7.68. The lowest BCUT2D eigenvalue weighted by Gasteiger charge is -2.05. The number of carboxylic acids is 1. The van der Waals surface area contributed by atoms with Crippen LogP contribution in [0, 0.1) is 0 Å². The van der Waals surface area contributed by atoms with Gasteiger partial charge in [-0.2, -0.15) is 0 Å². The van der Waals surface area contributed by atoms with Gasteiger partial charge < -0.3 is 5.11 Å². The zero-order valence-electron chi connectivity index (χ0n) is 8.01. The summed E-state index contributed by atoms with van der Waals surface area (Å²) in [6.07, 6.45) is 0. The molecule has 1 aromatic heterocycles. The third-order valence-electron chi connectivity index (χ3n) is 1.89. The smallest absolute Gasteiger partial charge is 0.338 e. The molecule has 0 amide bonds. The summed E-state index contributed by atoms with van der Waals surface area (Å²) in [5.74, 6) is -0.911. The van der Waals surface area contributed by atoms with E-state index in [-0.39, 0.29) is 0 Å². The Morgan fingerprint density at radius 3 is 2.75 bits per heavy atom. The van der Waals surface area contributed by atoms with E-state index >= 15 is 0 Å². The maximum Gasteiger partial charge on any atom is 0.338 e. The molecule has 1 aromatic carbocycles. The average molecular weight is 315 g/mol. The van der Waals surface area contributed by atoms with Crippen LogP contribution < -0.4 is 0 Å². The number of aromatic carboxylic acids is 1. The molecule has 0 aliphatic heterocycles. The SMILES string of the molecule is O=C(O)c1c(Br)cccc1Sc1cccs1. The molecule has 0 aliphatic rings. The minimum atomic E-state index is -0.911. The molecule has 16 heavy (non-hydrogen) atoms. The fourth-order valence-electron chi connectivity index (χ4n) is 1.23. The third kappa shape index (κ3) is 2.48. The van der Waals surface area contributed by atoms with Crippen LogP contribution in [0.25, 0.3) is 0 Å². The first-order valence-electron chi connectivity index (χ1n) is 4.41. The van der Waals surface area contributed by atoms with Crippen molar-refractivity contribution in [2.24, 2.45) is 0 Å². The van der Waals surface area contributed by atoms with Gasteiger partial charge in [0.2, 0.25) is 0 Å². The van der Waals surface area contributed by atoms with Crippen LogP contribution in [0.3, 0.4) is 0 Å². The average Bonchev–Trinajstić information content (AvgIpc) is 2.70. The molecule has 2 rings (SSSR count). The van der Waals surface area contributed by atoms with Gasteiger partial charge in [0.05, 0.1) is 9.77 Å². The van der Waals surface area contributed by atoms with Crippen LogP contribution in [-0.2, 0) is 0 Å². The molecule has 1 heterocycles. The normalized spacial score (nSPS) is 10.3. The lowest BCUT2D eigenvalue weighted by Crippen LogP contribution is -1.99. The summed E-state index contributed by atoms with van der Waals surface area (Å²) in [4.78, 5) is 11.9.